The number of hydrogen-bond donors (Lipinski definition) is 1. The van der Waals surface area contributed by atoms with Gasteiger partial charge in [-0.05, 0) is 53.9 Å². The number of aliphatic hydroxyl groups excluding tert-OH is 1. The number of nitrogens with zero attached hydrogens (tertiary/aromatic N) is 2. The number of aromatic nitrogens is 1. The normalized spacial score (nSPS) is 17.4. The Kier molecular flexibility index (Phi) is 6.89. The third-order valence-corrected chi connectivity index (χ3v) is 5.94. The predicted octanol–water partition coefficient (Wildman–Crippen LogP) is 5.25. The number of carbonyl (C=O) groups is 2. The van der Waals surface area contributed by atoms with Crippen LogP contribution in [0.5, 0.6) is 5.75 Å². The molecular weight excluding hydrogens is 484 g/mol. The fourth-order valence-corrected chi connectivity index (χ4v) is 4.09. The van der Waals surface area contributed by atoms with Crippen LogP contribution in [0.3, 0.4) is 0 Å². The lowest BCUT2D eigenvalue weighted by atomic mass is 9.95. The molecule has 1 aliphatic heterocycles. The van der Waals surface area contributed by atoms with Crippen molar-refractivity contribution in [2.45, 2.75) is 25.9 Å². The number of ketones is 1. The van der Waals surface area contributed by atoms with Crippen molar-refractivity contribution < 1.29 is 19.4 Å². The molecule has 0 spiro atoms. The summed E-state index contributed by atoms with van der Waals surface area (Å²) in [6.07, 6.45) is 4.13. The number of benzene rings is 2. The van der Waals surface area contributed by atoms with Crippen molar-refractivity contribution in [1.82, 2.24) is 9.88 Å². The van der Waals surface area contributed by atoms with Crippen molar-refractivity contribution in [3.63, 3.8) is 0 Å². The second-order valence-corrected chi connectivity index (χ2v) is 8.63. The maximum atomic E-state index is 13.2. The predicted molar refractivity (Wildman–Crippen MR) is 128 cm³/mol. The van der Waals surface area contributed by atoms with E-state index < -0.39 is 17.7 Å². The highest BCUT2D eigenvalue weighted by Crippen LogP contribution is 2.40. The molecule has 1 aliphatic rings. The molecule has 6 nitrogen and oxygen atoms in total. The lowest BCUT2D eigenvalue weighted by Crippen LogP contribution is -2.29. The molecule has 4 rings (SSSR count). The molecule has 2 aromatic carbocycles. The van der Waals surface area contributed by atoms with E-state index in [1.807, 2.05) is 31.2 Å². The summed E-state index contributed by atoms with van der Waals surface area (Å²) in [5, 5.41) is 11.2. The van der Waals surface area contributed by atoms with Gasteiger partial charge in [-0.15, -0.1) is 0 Å². The van der Waals surface area contributed by atoms with Gasteiger partial charge in [-0.2, -0.15) is 0 Å². The summed E-state index contributed by atoms with van der Waals surface area (Å²) >= 11 is 3.43. The van der Waals surface area contributed by atoms with Crippen LogP contribution in [0.15, 0.2) is 83.1 Å². The maximum absolute atomic E-state index is 13.2. The Morgan fingerprint density at radius 2 is 1.82 bits per heavy atom. The van der Waals surface area contributed by atoms with E-state index in [2.05, 4.69) is 20.9 Å². The van der Waals surface area contributed by atoms with Gasteiger partial charge in [0, 0.05) is 29.0 Å². The Morgan fingerprint density at radius 1 is 1.09 bits per heavy atom. The number of rotatable bonds is 7. The van der Waals surface area contributed by atoms with Gasteiger partial charge in [-0.1, -0.05) is 47.1 Å². The monoisotopic (exact) mass is 506 g/mol. The van der Waals surface area contributed by atoms with Gasteiger partial charge in [-0.25, -0.2) is 0 Å². The largest absolute Gasteiger partial charge is 0.507 e. The molecule has 0 radical (unpaired) electrons. The zero-order chi connectivity index (χ0) is 23.4. The highest BCUT2D eigenvalue weighted by Gasteiger charge is 2.46. The fraction of sp³-hybridized carbons (Fsp3) is 0.192. The summed E-state index contributed by atoms with van der Waals surface area (Å²) in [6, 6.07) is 17.2. The number of hydrogen-bond acceptors (Lipinski definition) is 5. The SMILES string of the molecule is CCCOc1cccc(/C(O)=C2\C(=O)C(=O)N(Cc3ccncc3)C2c2ccc(Br)cc2)c1. The van der Waals surface area contributed by atoms with Gasteiger partial charge in [0.2, 0.25) is 0 Å². The number of Topliss-reactive ketones (excluding diaryl/α,β-unsaturated/α-hetero) is 1. The van der Waals surface area contributed by atoms with Crippen LogP contribution in [-0.4, -0.2) is 33.3 Å². The van der Waals surface area contributed by atoms with Crippen molar-refractivity contribution in [3.8, 4) is 5.75 Å². The zero-order valence-corrected chi connectivity index (χ0v) is 19.7. The van der Waals surface area contributed by atoms with Crippen molar-refractivity contribution >= 4 is 33.4 Å². The van der Waals surface area contributed by atoms with E-state index in [1.54, 1.807) is 48.8 Å². The molecule has 1 atom stereocenters. The van der Waals surface area contributed by atoms with E-state index in [1.165, 1.54) is 4.90 Å². The molecule has 1 saturated heterocycles. The molecule has 1 fully saturated rings. The molecule has 33 heavy (non-hydrogen) atoms. The van der Waals surface area contributed by atoms with Crippen LogP contribution >= 0.6 is 15.9 Å². The van der Waals surface area contributed by atoms with Crippen molar-refractivity contribution in [1.29, 1.82) is 0 Å². The van der Waals surface area contributed by atoms with Gasteiger partial charge < -0.3 is 14.7 Å². The second-order valence-electron chi connectivity index (χ2n) is 7.71. The van der Waals surface area contributed by atoms with Gasteiger partial charge in [0.25, 0.3) is 11.7 Å². The molecule has 0 saturated carbocycles. The Bertz CT molecular complexity index is 1190. The van der Waals surface area contributed by atoms with Gasteiger partial charge >= 0.3 is 0 Å². The molecule has 1 aromatic heterocycles. The van der Waals surface area contributed by atoms with E-state index in [9.17, 15) is 14.7 Å². The van der Waals surface area contributed by atoms with Crippen molar-refractivity contribution in [2.24, 2.45) is 0 Å². The lowest BCUT2D eigenvalue weighted by Gasteiger charge is -2.25. The minimum atomic E-state index is -0.730. The van der Waals surface area contributed by atoms with Crippen molar-refractivity contribution in [2.75, 3.05) is 6.61 Å². The maximum Gasteiger partial charge on any atom is 0.295 e. The average Bonchev–Trinajstić information content (AvgIpc) is 3.08. The molecule has 1 unspecified atom stereocenters. The fourth-order valence-electron chi connectivity index (χ4n) is 3.83. The third-order valence-electron chi connectivity index (χ3n) is 5.41. The number of halogens is 1. The van der Waals surface area contributed by atoms with Crippen LogP contribution in [0.4, 0.5) is 0 Å². The quantitative estimate of drug-likeness (QED) is 0.268. The highest BCUT2D eigenvalue weighted by atomic mass is 79.9. The van der Waals surface area contributed by atoms with Crippen LogP contribution < -0.4 is 4.74 Å². The minimum absolute atomic E-state index is 0.0593. The highest BCUT2D eigenvalue weighted by molar-refractivity contribution is 9.10. The first-order chi connectivity index (χ1) is 16.0. The number of pyridine rings is 1. The van der Waals surface area contributed by atoms with Gasteiger partial charge in [0.15, 0.2) is 0 Å². The number of likely N-dealkylation sites (tertiary alicyclic amines) is 1. The zero-order valence-electron chi connectivity index (χ0n) is 18.1. The molecule has 2 heterocycles. The Morgan fingerprint density at radius 3 is 2.52 bits per heavy atom. The summed E-state index contributed by atoms with van der Waals surface area (Å²) < 4.78 is 6.55. The van der Waals surface area contributed by atoms with E-state index in [0.717, 1.165) is 22.0 Å². The smallest absolute Gasteiger partial charge is 0.295 e. The topological polar surface area (TPSA) is 79.7 Å². The summed E-state index contributed by atoms with van der Waals surface area (Å²) in [5.41, 5.74) is 2.05. The van der Waals surface area contributed by atoms with Crippen LogP contribution in [0, 0.1) is 0 Å². The average molecular weight is 507 g/mol. The first-order valence-corrected chi connectivity index (χ1v) is 11.4. The third kappa shape index (κ3) is 4.83. The summed E-state index contributed by atoms with van der Waals surface area (Å²) in [5.74, 6) is -0.999. The van der Waals surface area contributed by atoms with Gasteiger partial charge in [-0.3, -0.25) is 14.6 Å². The lowest BCUT2D eigenvalue weighted by molar-refractivity contribution is -0.140. The minimum Gasteiger partial charge on any atom is -0.507 e. The summed E-state index contributed by atoms with van der Waals surface area (Å²) in [7, 11) is 0. The number of amides is 1. The summed E-state index contributed by atoms with van der Waals surface area (Å²) in [4.78, 5) is 31.8. The summed E-state index contributed by atoms with van der Waals surface area (Å²) in [6.45, 7) is 2.76. The van der Waals surface area contributed by atoms with E-state index in [4.69, 9.17) is 4.74 Å². The van der Waals surface area contributed by atoms with Crippen LogP contribution in [0.1, 0.15) is 36.1 Å². The Balaban J connectivity index is 1.81. The molecule has 0 aliphatic carbocycles. The Hall–Kier alpha value is -3.45. The molecule has 1 N–H and O–H groups in total. The standard InChI is InChI=1S/C26H23BrN2O4/c1-2-14-33-21-5-3-4-19(15-21)24(30)22-23(18-6-8-20(27)9-7-18)29(26(32)25(22)31)16-17-10-12-28-13-11-17/h3-13,15,23,30H,2,14,16H2,1H3/b24-22+. The molecule has 7 heteroatoms. The van der Waals surface area contributed by atoms with E-state index >= 15 is 0 Å². The Labute approximate surface area is 200 Å². The molecular formula is C26H23BrN2O4. The molecule has 0 bridgehead atoms. The van der Waals surface area contributed by atoms with Gasteiger partial charge in [0.05, 0.1) is 18.2 Å². The molecule has 3 aromatic rings. The number of carbonyl (C=O) groups excluding carboxylic acids is 2. The van der Waals surface area contributed by atoms with Crippen LogP contribution in [0.2, 0.25) is 0 Å². The first kappa shape index (κ1) is 22.7. The first-order valence-electron chi connectivity index (χ1n) is 10.7. The van der Waals surface area contributed by atoms with Crippen molar-refractivity contribution in [3.05, 3.63) is 99.8 Å². The second kappa shape index (κ2) is 10.0. The van der Waals surface area contributed by atoms with Crippen LogP contribution in [0.25, 0.3) is 5.76 Å². The van der Waals surface area contributed by atoms with E-state index in [0.29, 0.717) is 17.9 Å². The van der Waals surface area contributed by atoms with Crippen LogP contribution in [-0.2, 0) is 16.1 Å². The van der Waals surface area contributed by atoms with E-state index in [-0.39, 0.29) is 17.9 Å². The number of aliphatic hydroxyl groups is 1. The number of ether oxygens (including phenoxy) is 1. The van der Waals surface area contributed by atoms with Gasteiger partial charge in [0.1, 0.15) is 11.5 Å². The molecule has 1 amide bonds. The molecule has 168 valence electrons.